The number of rotatable bonds is 4. The van der Waals surface area contributed by atoms with Crippen molar-refractivity contribution in [2.45, 2.75) is 38.3 Å². The van der Waals surface area contributed by atoms with Gasteiger partial charge in [0, 0.05) is 36.1 Å². The molecule has 1 atom stereocenters. The Morgan fingerprint density at radius 3 is 3.06 bits per heavy atom. The van der Waals surface area contributed by atoms with Crippen molar-refractivity contribution in [2.24, 2.45) is 0 Å². The van der Waals surface area contributed by atoms with Crippen LogP contribution in [0.25, 0.3) is 0 Å². The van der Waals surface area contributed by atoms with Crippen molar-refractivity contribution in [3.63, 3.8) is 0 Å². The van der Waals surface area contributed by atoms with Crippen molar-refractivity contribution >= 4 is 15.9 Å². The topological polar surface area (TPSA) is 36.4 Å². The molecule has 4 heteroatoms. The van der Waals surface area contributed by atoms with Crippen LogP contribution in [0.5, 0.6) is 0 Å². The lowest BCUT2D eigenvalue weighted by Crippen LogP contribution is -2.39. The van der Waals surface area contributed by atoms with E-state index in [4.69, 9.17) is 5.11 Å². The molecule has 0 saturated carbocycles. The van der Waals surface area contributed by atoms with Gasteiger partial charge in [0.25, 0.3) is 0 Å². The molecule has 1 unspecified atom stereocenters. The Bertz CT molecular complexity index is 357. The quantitative estimate of drug-likeness (QED) is 0.928. The average molecular weight is 299 g/mol. The zero-order valence-corrected chi connectivity index (χ0v) is 11.6. The van der Waals surface area contributed by atoms with E-state index >= 15 is 0 Å². The lowest BCUT2D eigenvalue weighted by atomic mass is 9.99. The number of piperidine rings is 1. The summed E-state index contributed by atoms with van der Waals surface area (Å²) in [6, 6.07) is 2.66. The maximum atomic E-state index is 9.10. The minimum absolute atomic E-state index is 0.290. The predicted octanol–water partition coefficient (Wildman–Crippen LogP) is 2.58. The van der Waals surface area contributed by atoms with Gasteiger partial charge in [-0.2, -0.15) is 0 Å². The fraction of sp³-hybridized carbons (Fsp3) is 0.615. The zero-order chi connectivity index (χ0) is 12.1. The molecule has 0 bridgehead atoms. The van der Waals surface area contributed by atoms with Gasteiger partial charge in [0.2, 0.25) is 0 Å². The molecular formula is C13H19BrN2O. The molecule has 0 amide bonds. The fourth-order valence-corrected chi connectivity index (χ4v) is 2.93. The smallest absolute Gasteiger partial charge is 0.0445 e. The van der Waals surface area contributed by atoms with E-state index in [1.807, 2.05) is 12.4 Å². The van der Waals surface area contributed by atoms with E-state index in [2.05, 4.69) is 31.9 Å². The van der Waals surface area contributed by atoms with Crippen LogP contribution >= 0.6 is 15.9 Å². The van der Waals surface area contributed by atoms with E-state index in [0.29, 0.717) is 6.04 Å². The van der Waals surface area contributed by atoms with Crippen LogP contribution < -0.4 is 0 Å². The molecule has 0 aromatic carbocycles. The molecule has 3 nitrogen and oxygen atoms in total. The number of aromatic nitrogens is 1. The third-order valence-corrected chi connectivity index (χ3v) is 3.79. The van der Waals surface area contributed by atoms with Crippen molar-refractivity contribution in [3.8, 4) is 0 Å². The van der Waals surface area contributed by atoms with Crippen LogP contribution in [0.15, 0.2) is 22.9 Å². The Kier molecular flexibility index (Phi) is 4.95. The number of aliphatic hydroxyl groups is 1. The Morgan fingerprint density at radius 1 is 1.41 bits per heavy atom. The molecule has 17 heavy (non-hydrogen) atoms. The van der Waals surface area contributed by atoms with Gasteiger partial charge >= 0.3 is 0 Å². The molecule has 0 radical (unpaired) electrons. The summed E-state index contributed by atoms with van der Waals surface area (Å²) < 4.78 is 1.03. The Morgan fingerprint density at radius 2 is 2.29 bits per heavy atom. The standard InChI is InChI=1S/C13H19BrN2O/c14-12-7-11(8-15-9-12)10-16-5-2-1-3-13(16)4-6-17/h7-9,13,17H,1-6,10H2. The number of aliphatic hydroxyl groups excluding tert-OH is 1. The molecular weight excluding hydrogens is 280 g/mol. The molecule has 1 N–H and O–H groups in total. The summed E-state index contributed by atoms with van der Waals surface area (Å²) in [7, 11) is 0. The number of halogens is 1. The molecule has 0 spiro atoms. The highest BCUT2D eigenvalue weighted by atomic mass is 79.9. The minimum atomic E-state index is 0.290. The average Bonchev–Trinajstić information content (AvgIpc) is 2.32. The number of hydrogen-bond acceptors (Lipinski definition) is 3. The summed E-state index contributed by atoms with van der Waals surface area (Å²) in [4.78, 5) is 6.67. The molecule has 0 aliphatic carbocycles. The second kappa shape index (κ2) is 6.47. The van der Waals surface area contributed by atoms with Gasteiger partial charge in [-0.1, -0.05) is 6.42 Å². The predicted molar refractivity (Wildman–Crippen MR) is 71.7 cm³/mol. The van der Waals surface area contributed by atoms with Crippen LogP contribution in [0.3, 0.4) is 0 Å². The lowest BCUT2D eigenvalue weighted by molar-refractivity contribution is 0.112. The van der Waals surface area contributed by atoms with Gasteiger partial charge in [0.05, 0.1) is 0 Å². The van der Waals surface area contributed by atoms with E-state index in [1.54, 1.807) is 0 Å². The van der Waals surface area contributed by atoms with E-state index in [9.17, 15) is 0 Å². The summed E-state index contributed by atoms with van der Waals surface area (Å²) in [5, 5.41) is 9.10. The summed E-state index contributed by atoms with van der Waals surface area (Å²) in [5.41, 5.74) is 1.24. The van der Waals surface area contributed by atoms with Gasteiger partial charge in [0.15, 0.2) is 0 Å². The highest BCUT2D eigenvalue weighted by Crippen LogP contribution is 2.22. The van der Waals surface area contributed by atoms with Gasteiger partial charge in [-0.25, -0.2) is 0 Å². The molecule has 2 heterocycles. The van der Waals surface area contributed by atoms with E-state index in [0.717, 1.165) is 24.0 Å². The monoisotopic (exact) mass is 298 g/mol. The van der Waals surface area contributed by atoms with E-state index < -0.39 is 0 Å². The minimum Gasteiger partial charge on any atom is -0.396 e. The lowest BCUT2D eigenvalue weighted by Gasteiger charge is -2.35. The van der Waals surface area contributed by atoms with Crippen LogP contribution in [0, 0.1) is 0 Å². The third kappa shape index (κ3) is 3.76. The largest absolute Gasteiger partial charge is 0.396 e. The van der Waals surface area contributed by atoms with Crippen LogP contribution in [0.4, 0.5) is 0 Å². The maximum absolute atomic E-state index is 9.10. The number of hydrogen-bond donors (Lipinski definition) is 1. The van der Waals surface area contributed by atoms with Crippen LogP contribution in [0.2, 0.25) is 0 Å². The third-order valence-electron chi connectivity index (χ3n) is 3.36. The first-order valence-corrected chi connectivity index (χ1v) is 7.03. The molecule has 94 valence electrons. The summed E-state index contributed by atoms with van der Waals surface area (Å²) in [6.45, 7) is 2.37. The molecule has 1 aliphatic heterocycles. The van der Waals surface area contributed by atoms with E-state index in [1.165, 1.54) is 24.8 Å². The van der Waals surface area contributed by atoms with Gasteiger partial charge in [-0.15, -0.1) is 0 Å². The van der Waals surface area contributed by atoms with Crippen LogP contribution in [-0.2, 0) is 6.54 Å². The van der Waals surface area contributed by atoms with Crippen molar-refractivity contribution in [3.05, 3.63) is 28.5 Å². The Balaban J connectivity index is 2.00. The van der Waals surface area contributed by atoms with Gasteiger partial charge in [0.1, 0.15) is 0 Å². The highest BCUT2D eigenvalue weighted by molar-refractivity contribution is 9.10. The van der Waals surface area contributed by atoms with Crippen LogP contribution in [0.1, 0.15) is 31.2 Å². The Hall–Kier alpha value is -0.450. The summed E-state index contributed by atoms with van der Waals surface area (Å²) in [6.07, 6.45) is 8.39. The molecule has 1 aromatic heterocycles. The second-order valence-corrected chi connectivity index (χ2v) is 5.56. The first-order valence-electron chi connectivity index (χ1n) is 6.24. The Labute approximate surface area is 111 Å². The SMILES string of the molecule is OCCC1CCCCN1Cc1cncc(Br)c1. The zero-order valence-electron chi connectivity index (χ0n) is 9.98. The van der Waals surface area contributed by atoms with Crippen molar-refractivity contribution in [1.29, 1.82) is 0 Å². The molecule has 1 aliphatic rings. The normalized spacial score (nSPS) is 21.6. The summed E-state index contributed by atoms with van der Waals surface area (Å²) >= 11 is 3.45. The van der Waals surface area contributed by atoms with Crippen LogP contribution in [-0.4, -0.2) is 34.2 Å². The number of nitrogens with zero attached hydrogens (tertiary/aromatic N) is 2. The first-order chi connectivity index (χ1) is 8.29. The first kappa shape index (κ1) is 13.0. The number of likely N-dealkylation sites (tertiary alicyclic amines) is 1. The van der Waals surface area contributed by atoms with E-state index in [-0.39, 0.29) is 6.61 Å². The molecule has 1 fully saturated rings. The van der Waals surface area contributed by atoms with Gasteiger partial charge < -0.3 is 5.11 Å². The molecule has 1 aromatic rings. The molecule has 2 rings (SSSR count). The van der Waals surface area contributed by atoms with Gasteiger partial charge in [-0.05, 0) is 53.4 Å². The summed E-state index contributed by atoms with van der Waals surface area (Å²) in [5.74, 6) is 0. The highest BCUT2D eigenvalue weighted by Gasteiger charge is 2.21. The van der Waals surface area contributed by atoms with Crippen molar-refractivity contribution < 1.29 is 5.11 Å². The van der Waals surface area contributed by atoms with Crippen molar-refractivity contribution in [1.82, 2.24) is 9.88 Å². The van der Waals surface area contributed by atoms with Gasteiger partial charge in [-0.3, -0.25) is 9.88 Å². The van der Waals surface area contributed by atoms with Crippen molar-refractivity contribution in [2.75, 3.05) is 13.2 Å². The maximum Gasteiger partial charge on any atom is 0.0445 e. The fourth-order valence-electron chi connectivity index (χ4n) is 2.52. The second-order valence-electron chi connectivity index (χ2n) is 4.64. The number of pyridine rings is 1. The molecule has 1 saturated heterocycles.